The van der Waals surface area contributed by atoms with Crippen molar-refractivity contribution >= 4 is 19.7 Å². The van der Waals surface area contributed by atoms with Gasteiger partial charge in [0.25, 0.3) is 9.05 Å². The van der Waals surface area contributed by atoms with Crippen molar-refractivity contribution < 1.29 is 39.2 Å². The van der Waals surface area contributed by atoms with Gasteiger partial charge in [-0.1, -0.05) is 66.7 Å². The highest BCUT2D eigenvalue weighted by Crippen LogP contribution is 2.40. The van der Waals surface area contributed by atoms with Crippen molar-refractivity contribution in [1.82, 2.24) is 0 Å². The normalized spacial score (nSPS) is 12.0. The third-order valence-electron chi connectivity index (χ3n) is 5.04. The summed E-state index contributed by atoms with van der Waals surface area (Å²) >= 11 is 0. The van der Waals surface area contributed by atoms with Crippen LogP contribution in [0.25, 0.3) is 22.3 Å². The second kappa shape index (κ2) is 10.9. The van der Waals surface area contributed by atoms with E-state index in [4.69, 9.17) is 10.7 Å². The fourth-order valence-electron chi connectivity index (χ4n) is 3.36. The zero-order valence-corrected chi connectivity index (χ0v) is 20.1. The van der Waals surface area contributed by atoms with Crippen LogP contribution in [0.1, 0.15) is 11.1 Å². The lowest BCUT2D eigenvalue weighted by molar-refractivity contribution is -0.140. The number of hydrogen-bond acceptors (Lipinski definition) is 2. The Morgan fingerprint density at radius 3 is 1.54 bits per heavy atom. The first-order chi connectivity index (χ1) is 17.2. The van der Waals surface area contributed by atoms with Gasteiger partial charge >= 0.3 is 12.4 Å². The van der Waals surface area contributed by atoms with Crippen LogP contribution in [-0.2, 0) is 21.4 Å². The summed E-state index contributed by atoms with van der Waals surface area (Å²) < 4.78 is 112. The van der Waals surface area contributed by atoms with E-state index in [0.29, 0.717) is 22.8 Å². The summed E-state index contributed by atoms with van der Waals surface area (Å²) in [6, 6.07) is 21.4. The molecule has 4 aromatic carbocycles. The van der Waals surface area contributed by atoms with Crippen molar-refractivity contribution in [2.75, 3.05) is 0 Å². The molecule has 0 unspecified atom stereocenters. The average molecular weight is 561 g/mol. The van der Waals surface area contributed by atoms with Crippen LogP contribution in [0.5, 0.6) is 0 Å². The predicted octanol–water partition coefficient (Wildman–Crippen LogP) is 8.81. The molecule has 0 radical (unpaired) electrons. The van der Waals surface area contributed by atoms with E-state index in [2.05, 4.69) is 0 Å². The number of benzene rings is 4. The van der Waals surface area contributed by atoms with E-state index in [1.165, 1.54) is 54.6 Å². The highest BCUT2D eigenvalue weighted by Gasteiger charge is 2.38. The summed E-state index contributed by atoms with van der Waals surface area (Å²) in [5, 5.41) is 0. The van der Waals surface area contributed by atoms with Gasteiger partial charge in [0.15, 0.2) is 0 Å². The Kier molecular flexibility index (Phi) is 8.34. The molecule has 0 saturated heterocycles. The smallest absolute Gasteiger partial charge is 0.207 e. The molecule has 0 aliphatic rings. The summed E-state index contributed by atoms with van der Waals surface area (Å²) in [4.78, 5) is -0.916. The molecule has 0 amide bonds. The van der Waals surface area contributed by atoms with Crippen molar-refractivity contribution in [2.45, 2.75) is 17.2 Å². The molecule has 0 heterocycles. The minimum Gasteiger partial charge on any atom is -0.207 e. The topological polar surface area (TPSA) is 34.1 Å². The highest BCUT2D eigenvalue weighted by atomic mass is 35.7. The molecule has 0 spiro atoms. The molecule has 0 atom stereocenters. The minimum atomic E-state index is -4.80. The van der Waals surface area contributed by atoms with Crippen molar-refractivity contribution in [3.8, 4) is 22.3 Å². The van der Waals surface area contributed by atoms with E-state index in [9.17, 15) is 39.2 Å². The number of rotatable bonds is 3. The molecule has 4 rings (SSSR count). The number of hydrogen-bond donors (Lipinski definition) is 0. The second-order valence-corrected chi connectivity index (χ2v) is 10.1. The Morgan fingerprint density at radius 1 is 0.568 bits per heavy atom. The van der Waals surface area contributed by atoms with Gasteiger partial charge in [-0.3, -0.25) is 0 Å². The van der Waals surface area contributed by atoms with Crippen LogP contribution >= 0.6 is 10.7 Å². The molecule has 37 heavy (non-hydrogen) atoms. The lowest BCUT2D eigenvalue weighted by atomic mass is 10.0. The van der Waals surface area contributed by atoms with Gasteiger partial charge in [-0.15, -0.1) is 0 Å². The third kappa shape index (κ3) is 7.33. The summed E-state index contributed by atoms with van der Waals surface area (Å²) in [5.74, 6) is -0.374. The van der Waals surface area contributed by atoms with Crippen molar-refractivity contribution in [1.29, 1.82) is 0 Å². The van der Waals surface area contributed by atoms with E-state index < -0.39 is 37.4 Å². The van der Waals surface area contributed by atoms with Gasteiger partial charge in [-0.25, -0.2) is 12.8 Å². The molecule has 0 bridgehead atoms. The Balaban J connectivity index is 0.000000208. The molecule has 0 N–H and O–H groups in total. The maximum atomic E-state index is 13.0. The van der Waals surface area contributed by atoms with Gasteiger partial charge in [0, 0.05) is 16.2 Å². The summed E-state index contributed by atoms with van der Waals surface area (Å²) in [6.45, 7) is 0. The molecule has 0 saturated carbocycles. The fraction of sp³-hybridized carbons (Fsp3) is 0.0769. The second-order valence-electron chi connectivity index (χ2n) is 7.57. The molecule has 0 fully saturated rings. The number of halogens is 8. The van der Waals surface area contributed by atoms with Crippen molar-refractivity contribution in [3.05, 3.63) is 114 Å². The quantitative estimate of drug-likeness (QED) is 0.185. The third-order valence-corrected chi connectivity index (χ3v) is 6.43. The van der Waals surface area contributed by atoms with Gasteiger partial charge in [0.05, 0.1) is 11.1 Å². The maximum Gasteiger partial charge on any atom is 0.417 e. The maximum absolute atomic E-state index is 13.0. The molecule has 0 aliphatic heterocycles. The molecule has 0 aliphatic carbocycles. The monoisotopic (exact) mass is 560 g/mol. The fourth-order valence-corrected chi connectivity index (χ4v) is 4.76. The SMILES string of the molecule is Fc1ccc(-c2ccc(C(F)(F)F)cc2)cc1.O=S(=O)(Cl)c1c(-c2ccccc2)cccc1C(F)(F)F. The zero-order chi connectivity index (χ0) is 27.4. The summed E-state index contributed by atoms with van der Waals surface area (Å²) in [5.41, 5.74) is -0.386. The van der Waals surface area contributed by atoms with E-state index in [0.717, 1.165) is 18.2 Å². The van der Waals surface area contributed by atoms with E-state index >= 15 is 0 Å². The Bertz CT molecular complexity index is 1450. The molecule has 0 aromatic heterocycles. The first-order valence-electron chi connectivity index (χ1n) is 10.3. The van der Waals surface area contributed by atoms with Crippen molar-refractivity contribution in [3.63, 3.8) is 0 Å². The van der Waals surface area contributed by atoms with Gasteiger partial charge in [-0.2, -0.15) is 26.3 Å². The van der Waals surface area contributed by atoms with Crippen LogP contribution in [0.4, 0.5) is 30.7 Å². The Labute approximate surface area is 212 Å². The van der Waals surface area contributed by atoms with Crippen LogP contribution in [0.2, 0.25) is 0 Å². The van der Waals surface area contributed by atoms with E-state index in [-0.39, 0.29) is 11.4 Å². The zero-order valence-electron chi connectivity index (χ0n) is 18.5. The molecule has 4 aromatic rings. The average Bonchev–Trinajstić information content (AvgIpc) is 2.83. The van der Waals surface area contributed by atoms with Crippen LogP contribution in [-0.4, -0.2) is 8.42 Å². The van der Waals surface area contributed by atoms with Crippen LogP contribution in [0.15, 0.2) is 102 Å². The molecule has 2 nitrogen and oxygen atoms in total. The molecular formula is C26H16ClF7O2S. The predicted molar refractivity (Wildman–Crippen MR) is 127 cm³/mol. The highest BCUT2D eigenvalue weighted by molar-refractivity contribution is 8.13. The van der Waals surface area contributed by atoms with Gasteiger partial charge in [0.2, 0.25) is 0 Å². The molecule has 194 valence electrons. The van der Waals surface area contributed by atoms with Gasteiger partial charge in [-0.05, 0) is 47.0 Å². The van der Waals surface area contributed by atoms with Crippen LogP contribution < -0.4 is 0 Å². The van der Waals surface area contributed by atoms with E-state index in [1.807, 2.05) is 0 Å². The first-order valence-corrected chi connectivity index (χ1v) is 12.6. The summed E-state index contributed by atoms with van der Waals surface area (Å²) in [6.07, 6.45) is -9.14. The lowest BCUT2D eigenvalue weighted by Crippen LogP contribution is -2.11. The molecule has 11 heteroatoms. The van der Waals surface area contributed by atoms with Crippen LogP contribution in [0.3, 0.4) is 0 Å². The lowest BCUT2D eigenvalue weighted by Gasteiger charge is -2.14. The Morgan fingerprint density at radius 2 is 1.08 bits per heavy atom. The number of alkyl halides is 6. The van der Waals surface area contributed by atoms with Gasteiger partial charge < -0.3 is 0 Å². The minimum absolute atomic E-state index is 0.0737. The van der Waals surface area contributed by atoms with Gasteiger partial charge in [0.1, 0.15) is 10.7 Å². The van der Waals surface area contributed by atoms with E-state index in [1.54, 1.807) is 18.2 Å². The standard InChI is InChI=1S/C13H8ClF3O2S.C13H8F4/c14-20(18,19)12-10(9-5-2-1-3-6-9)7-4-8-11(12)13(15,16)17;14-12-7-3-10(4-8-12)9-1-5-11(6-2-9)13(15,16)17/h1-8H;1-8H. The van der Waals surface area contributed by atoms with Crippen molar-refractivity contribution in [2.24, 2.45) is 0 Å². The summed E-state index contributed by atoms with van der Waals surface area (Å²) in [7, 11) is 0.654. The Hall–Kier alpha value is -3.37. The molecular weight excluding hydrogens is 545 g/mol. The largest absolute Gasteiger partial charge is 0.417 e. The van der Waals surface area contributed by atoms with Crippen LogP contribution in [0, 0.1) is 5.82 Å². The first kappa shape index (κ1) is 28.2.